The van der Waals surface area contributed by atoms with Crippen molar-refractivity contribution in [3.8, 4) is 5.75 Å². The van der Waals surface area contributed by atoms with E-state index in [2.05, 4.69) is 20.8 Å². The average molecular weight is 316 g/mol. The fourth-order valence-corrected chi connectivity index (χ4v) is 2.55. The van der Waals surface area contributed by atoms with Crippen LogP contribution < -0.4 is 15.4 Å². The monoisotopic (exact) mass is 316 g/mol. The molecule has 0 radical (unpaired) electrons. The van der Waals surface area contributed by atoms with Crippen molar-refractivity contribution in [1.82, 2.24) is 15.5 Å². The molecule has 2 heterocycles. The second-order valence-electron chi connectivity index (χ2n) is 5.59. The van der Waals surface area contributed by atoms with Crippen molar-refractivity contribution in [3.05, 3.63) is 36.0 Å². The molecule has 2 aromatic rings. The minimum Gasteiger partial charge on any atom is -0.485 e. The number of carbonyl (C=O) groups excluding carboxylic acids is 1. The molecule has 7 nitrogen and oxygen atoms in total. The molecule has 1 amide bonds. The van der Waals surface area contributed by atoms with Crippen LogP contribution in [0.1, 0.15) is 31.0 Å². The molecule has 1 aromatic heterocycles. The molecular formula is C16H20N4O3. The molecule has 1 saturated heterocycles. The maximum atomic E-state index is 12.0. The summed E-state index contributed by atoms with van der Waals surface area (Å²) >= 11 is 0. The van der Waals surface area contributed by atoms with E-state index >= 15 is 0 Å². The first-order chi connectivity index (χ1) is 11.2. The fourth-order valence-electron chi connectivity index (χ4n) is 2.55. The first-order valence-electron chi connectivity index (χ1n) is 7.74. The molecule has 1 atom stereocenters. The zero-order valence-corrected chi connectivity index (χ0v) is 13.0. The second kappa shape index (κ2) is 7.23. The number of nitrogens with zero attached hydrogens (tertiary/aromatic N) is 2. The number of hydrogen-bond donors (Lipinski definition) is 2. The lowest BCUT2D eigenvalue weighted by Gasteiger charge is -2.11. The van der Waals surface area contributed by atoms with Crippen LogP contribution in [-0.4, -0.2) is 28.6 Å². The first kappa shape index (κ1) is 15.5. The van der Waals surface area contributed by atoms with Gasteiger partial charge in [0.2, 0.25) is 17.6 Å². The predicted molar refractivity (Wildman–Crippen MR) is 84.1 cm³/mol. The summed E-state index contributed by atoms with van der Waals surface area (Å²) in [7, 11) is 0. The quantitative estimate of drug-likeness (QED) is 0.847. The van der Waals surface area contributed by atoms with Crippen LogP contribution in [0.25, 0.3) is 0 Å². The van der Waals surface area contributed by atoms with Crippen molar-refractivity contribution in [3.63, 3.8) is 0 Å². The van der Waals surface area contributed by atoms with Gasteiger partial charge in [-0.05, 0) is 43.7 Å². The van der Waals surface area contributed by atoms with E-state index < -0.39 is 0 Å². The summed E-state index contributed by atoms with van der Waals surface area (Å²) in [6.07, 6.45) is 2.72. The van der Waals surface area contributed by atoms with Crippen molar-refractivity contribution in [2.45, 2.75) is 38.8 Å². The van der Waals surface area contributed by atoms with E-state index in [0.717, 1.165) is 25.1 Å². The summed E-state index contributed by atoms with van der Waals surface area (Å²) in [5, 5.41) is 9.98. The van der Waals surface area contributed by atoms with Gasteiger partial charge in [0.1, 0.15) is 5.75 Å². The summed E-state index contributed by atoms with van der Waals surface area (Å²) in [5.74, 6) is 1.73. The Morgan fingerprint density at radius 3 is 2.91 bits per heavy atom. The van der Waals surface area contributed by atoms with Crippen molar-refractivity contribution >= 4 is 11.6 Å². The van der Waals surface area contributed by atoms with Gasteiger partial charge in [-0.3, -0.25) is 4.79 Å². The van der Waals surface area contributed by atoms with Gasteiger partial charge < -0.3 is 19.9 Å². The van der Waals surface area contributed by atoms with Crippen LogP contribution >= 0.6 is 0 Å². The molecule has 0 spiro atoms. The average Bonchev–Trinajstić information content (AvgIpc) is 3.18. The number of aromatic nitrogens is 2. The zero-order chi connectivity index (χ0) is 16.1. The van der Waals surface area contributed by atoms with Gasteiger partial charge in [-0.15, -0.1) is 0 Å². The summed E-state index contributed by atoms with van der Waals surface area (Å²) < 4.78 is 10.4. The summed E-state index contributed by atoms with van der Waals surface area (Å²) in [6.45, 7) is 2.98. The van der Waals surface area contributed by atoms with E-state index in [1.54, 1.807) is 19.1 Å². The Labute approximate surface area is 134 Å². The van der Waals surface area contributed by atoms with Crippen LogP contribution in [0.15, 0.2) is 28.8 Å². The van der Waals surface area contributed by atoms with E-state index in [1.165, 1.54) is 0 Å². The molecule has 0 bridgehead atoms. The molecule has 1 aliphatic rings. The van der Waals surface area contributed by atoms with E-state index in [-0.39, 0.29) is 12.5 Å². The standard InChI is InChI=1S/C16H20N4O3/c1-11-18-15(20-23-11)10-22-14-6-4-12(5-7-14)19-16(21)9-13-3-2-8-17-13/h4-7,13,17H,2-3,8-10H2,1H3,(H,19,21). The van der Waals surface area contributed by atoms with Crippen LogP contribution in [-0.2, 0) is 11.4 Å². The summed E-state index contributed by atoms with van der Waals surface area (Å²) in [6, 6.07) is 7.54. The highest BCUT2D eigenvalue weighted by Crippen LogP contribution is 2.17. The maximum Gasteiger partial charge on any atom is 0.225 e. The Morgan fingerprint density at radius 2 is 2.26 bits per heavy atom. The van der Waals surface area contributed by atoms with Crippen LogP contribution in [0.3, 0.4) is 0 Å². The molecule has 3 rings (SSSR count). The Morgan fingerprint density at radius 1 is 1.43 bits per heavy atom. The molecular weight excluding hydrogens is 296 g/mol. The van der Waals surface area contributed by atoms with E-state index in [4.69, 9.17) is 9.26 Å². The molecule has 0 saturated carbocycles. The molecule has 1 unspecified atom stereocenters. The number of amides is 1. The van der Waals surface area contributed by atoms with Gasteiger partial charge >= 0.3 is 0 Å². The number of aryl methyl sites for hydroxylation is 1. The third kappa shape index (κ3) is 4.53. The van der Waals surface area contributed by atoms with Gasteiger partial charge in [0.15, 0.2) is 6.61 Å². The van der Waals surface area contributed by atoms with Gasteiger partial charge in [0.05, 0.1) is 0 Å². The minimum absolute atomic E-state index is 0.0281. The van der Waals surface area contributed by atoms with E-state index in [9.17, 15) is 4.79 Å². The van der Waals surface area contributed by atoms with Crippen molar-refractivity contribution < 1.29 is 14.1 Å². The summed E-state index contributed by atoms with van der Waals surface area (Å²) in [5.41, 5.74) is 0.760. The topological polar surface area (TPSA) is 89.3 Å². The van der Waals surface area contributed by atoms with Crippen molar-refractivity contribution in [2.24, 2.45) is 0 Å². The largest absolute Gasteiger partial charge is 0.485 e. The molecule has 1 aliphatic heterocycles. The Hall–Kier alpha value is -2.41. The van der Waals surface area contributed by atoms with Crippen LogP contribution in [0.4, 0.5) is 5.69 Å². The van der Waals surface area contributed by atoms with Gasteiger partial charge in [-0.25, -0.2) is 0 Å². The highest BCUT2D eigenvalue weighted by atomic mass is 16.5. The van der Waals surface area contributed by atoms with Gasteiger partial charge in [0, 0.05) is 25.1 Å². The Balaban J connectivity index is 1.47. The molecule has 7 heteroatoms. The molecule has 2 N–H and O–H groups in total. The predicted octanol–water partition coefficient (Wildman–Crippen LogP) is 2.04. The highest BCUT2D eigenvalue weighted by Gasteiger charge is 2.17. The molecule has 23 heavy (non-hydrogen) atoms. The van der Waals surface area contributed by atoms with Gasteiger partial charge in [-0.1, -0.05) is 5.16 Å². The van der Waals surface area contributed by atoms with Crippen LogP contribution in [0.2, 0.25) is 0 Å². The normalized spacial score (nSPS) is 17.2. The number of carbonyl (C=O) groups is 1. The maximum absolute atomic E-state index is 12.0. The highest BCUT2D eigenvalue weighted by molar-refractivity contribution is 5.91. The van der Waals surface area contributed by atoms with Crippen molar-refractivity contribution in [1.29, 1.82) is 0 Å². The van der Waals surface area contributed by atoms with Crippen LogP contribution in [0, 0.1) is 6.92 Å². The smallest absolute Gasteiger partial charge is 0.225 e. The van der Waals surface area contributed by atoms with E-state index in [1.807, 2.05) is 12.1 Å². The number of anilines is 1. The van der Waals surface area contributed by atoms with Gasteiger partial charge in [-0.2, -0.15) is 4.98 Å². The molecule has 122 valence electrons. The lowest BCUT2D eigenvalue weighted by Crippen LogP contribution is -2.27. The second-order valence-corrected chi connectivity index (χ2v) is 5.59. The lowest BCUT2D eigenvalue weighted by molar-refractivity contribution is -0.116. The Bertz CT molecular complexity index is 648. The molecule has 1 aromatic carbocycles. The number of rotatable bonds is 6. The summed E-state index contributed by atoms with van der Waals surface area (Å²) in [4.78, 5) is 16.0. The fraction of sp³-hybridized carbons (Fsp3) is 0.438. The zero-order valence-electron chi connectivity index (χ0n) is 13.0. The molecule has 1 fully saturated rings. The number of benzene rings is 1. The third-order valence-corrected chi connectivity index (χ3v) is 3.67. The minimum atomic E-state index is 0.0281. The SMILES string of the molecule is Cc1nc(COc2ccc(NC(=O)CC3CCCN3)cc2)no1. The number of hydrogen-bond acceptors (Lipinski definition) is 6. The first-order valence-corrected chi connectivity index (χ1v) is 7.74. The number of nitrogens with one attached hydrogen (secondary N) is 2. The van der Waals surface area contributed by atoms with E-state index in [0.29, 0.717) is 29.9 Å². The molecule has 0 aliphatic carbocycles. The van der Waals surface area contributed by atoms with Gasteiger partial charge in [0.25, 0.3) is 0 Å². The number of ether oxygens (including phenoxy) is 1. The Kier molecular flexibility index (Phi) is 4.87. The third-order valence-electron chi connectivity index (χ3n) is 3.67. The lowest BCUT2D eigenvalue weighted by atomic mass is 10.1. The van der Waals surface area contributed by atoms with Crippen LogP contribution in [0.5, 0.6) is 5.75 Å². The van der Waals surface area contributed by atoms with Crippen molar-refractivity contribution in [2.75, 3.05) is 11.9 Å².